The Hall–Kier alpha value is -1.86. The lowest BCUT2D eigenvalue weighted by Gasteiger charge is -2.23. The highest BCUT2D eigenvalue weighted by molar-refractivity contribution is 5.95. The fraction of sp³-hybridized carbons (Fsp3) is 0.647. The van der Waals surface area contributed by atoms with E-state index in [9.17, 15) is 4.79 Å². The van der Waals surface area contributed by atoms with Crippen molar-refractivity contribution in [2.24, 2.45) is 0 Å². The number of amides is 1. The van der Waals surface area contributed by atoms with Gasteiger partial charge in [-0.1, -0.05) is 6.92 Å². The molecular weight excluding hydrogens is 308 g/mol. The van der Waals surface area contributed by atoms with E-state index in [0.717, 1.165) is 44.7 Å². The molecule has 1 aromatic rings. The van der Waals surface area contributed by atoms with Crippen LogP contribution < -0.4 is 15.5 Å². The van der Waals surface area contributed by atoms with Gasteiger partial charge in [0, 0.05) is 38.3 Å². The van der Waals surface area contributed by atoms with Gasteiger partial charge in [-0.2, -0.15) is 0 Å². The van der Waals surface area contributed by atoms with Gasteiger partial charge in [-0.3, -0.25) is 4.79 Å². The van der Waals surface area contributed by atoms with E-state index in [-0.39, 0.29) is 25.7 Å². The summed E-state index contributed by atoms with van der Waals surface area (Å²) in [5.41, 5.74) is 0.521. The lowest BCUT2D eigenvalue weighted by atomic mass is 10.2. The maximum atomic E-state index is 12.2. The van der Waals surface area contributed by atoms with E-state index in [4.69, 9.17) is 10.2 Å². The van der Waals surface area contributed by atoms with Gasteiger partial charge < -0.3 is 25.7 Å². The minimum atomic E-state index is -0.223. The molecule has 7 heteroatoms. The summed E-state index contributed by atoms with van der Waals surface area (Å²) in [5.74, 6) is 1.19. The maximum Gasteiger partial charge on any atom is 0.251 e. The molecule has 4 N–H and O–H groups in total. The van der Waals surface area contributed by atoms with Crippen molar-refractivity contribution < 1.29 is 15.0 Å². The summed E-state index contributed by atoms with van der Waals surface area (Å²) in [7, 11) is 0. The molecule has 0 aliphatic carbocycles. The molecule has 1 rings (SSSR count). The summed E-state index contributed by atoms with van der Waals surface area (Å²) >= 11 is 0. The Bertz CT molecular complexity index is 497. The van der Waals surface area contributed by atoms with Crippen LogP contribution in [0.4, 0.5) is 11.6 Å². The van der Waals surface area contributed by atoms with Crippen LogP contribution >= 0.6 is 0 Å². The van der Waals surface area contributed by atoms with Crippen LogP contribution in [0.1, 0.15) is 43.5 Å². The zero-order valence-corrected chi connectivity index (χ0v) is 14.7. The first kappa shape index (κ1) is 20.2. The van der Waals surface area contributed by atoms with E-state index in [2.05, 4.69) is 27.4 Å². The highest BCUT2D eigenvalue weighted by Gasteiger charge is 2.13. The standard InChI is InChI=1S/C17H30N4O3/c1-3-7-18-15-12-14(17(24)19-8-11-23)13-16(20-15)21(4-2)9-5-6-10-22/h12-13,22-23H,3-11H2,1-2H3,(H,18,20)(H,19,24). The SMILES string of the molecule is CCCNc1cc(C(=O)NCCO)cc(N(CC)CCCCO)n1. The number of aliphatic hydroxyl groups excluding tert-OH is 2. The van der Waals surface area contributed by atoms with Gasteiger partial charge in [0.1, 0.15) is 11.6 Å². The minimum Gasteiger partial charge on any atom is -0.396 e. The summed E-state index contributed by atoms with van der Waals surface area (Å²) in [6, 6.07) is 3.50. The Morgan fingerprint density at radius 2 is 1.96 bits per heavy atom. The number of rotatable bonds is 12. The van der Waals surface area contributed by atoms with Crippen molar-refractivity contribution >= 4 is 17.5 Å². The largest absolute Gasteiger partial charge is 0.396 e. The number of anilines is 2. The molecule has 0 aliphatic heterocycles. The van der Waals surface area contributed by atoms with Crippen molar-refractivity contribution in [3.63, 3.8) is 0 Å². The first-order valence-electron chi connectivity index (χ1n) is 8.67. The average Bonchev–Trinajstić information content (AvgIpc) is 2.61. The number of carbonyl (C=O) groups excluding carboxylic acids is 1. The van der Waals surface area contributed by atoms with Crippen LogP contribution in [0.2, 0.25) is 0 Å². The fourth-order valence-electron chi connectivity index (χ4n) is 2.27. The predicted octanol–water partition coefficient (Wildman–Crippen LogP) is 1.22. The van der Waals surface area contributed by atoms with Crippen molar-refractivity contribution in [3.8, 4) is 0 Å². The quantitative estimate of drug-likeness (QED) is 0.428. The Morgan fingerprint density at radius 3 is 2.58 bits per heavy atom. The summed E-state index contributed by atoms with van der Waals surface area (Å²) in [4.78, 5) is 18.9. The van der Waals surface area contributed by atoms with Crippen LogP contribution in [0.25, 0.3) is 0 Å². The van der Waals surface area contributed by atoms with Crippen LogP contribution in [0.5, 0.6) is 0 Å². The maximum absolute atomic E-state index is 12.2. The summed E-state index contributed by atoms with van der Waals surface area (Å²) in [5, 5.41) is 23.7. The van der Waals surface area contributed by atoms with E-state index in [1.165, 1.54) is 0 Å². The molecule has 1 amide bonds. The normalized spacial score (nSPS) is 10.5. The number of nitrogens with zero attached hydrogens (tertiary/aromatic N) is 2. The van der Waals surface area contributed by atoms with Gasteiger partial charge in [0.2, 0.25) is 0 Å². The highest BCUT2D eigenvalue weighted by atomic mass is 16.3. The molecule has 0 saturated carbocycles. The van der Waals surface area contributed by atoms with Crippen molar-refractivity contribution in [2.45, 2.75) is 33.1 Å². The average molecular weight is 338 g/mol. The van der Waals surface area contributed by atoms with Crippen LogP contribution in [-0.2, 0) is 0 Å². The second-order valence-electron chi connectivity index (χ2n) is 5.52. The number of unbranched alkanes of at least 4 members (excludes halogenated alkanes) is 1. The molecule has 0 fully saturated rings. The zero-order valence-electron chi connectivity index (χ0n) is 14.7. The summed E-state index contributed by atoms with van der Waals surface area (Å²) < 4.78 is 0. The van der Waals surface area contributed by atoms with Gasteiger partial charge in [0.25, 0.3) is 5.91 Å². The van der Waals surface area contributed by atoms with Gasteiger partial charge in [-0.25, -0.2) is 4.98 Å². The van der Waals surface area contributed by atoms with Crippen molar-refractivity contribution in [1.82, 2.24) is 10.3 Å². The van der Waals surface area contributed by atoms with E-state index in [0.29, 0.717) is 11.4 Å². The van der Waals surface area contributed by atoms with Crippen LogP contribution in [0.15, 0.2) is 12.1 Å². The smallest absolute Gasteiger partial charge is 0.251 e. The number of carbonyl (C=O) groups is 1. The Labute approximate surface area is 144 Å². The number of pyridine rings is 1. The molecule has 0 aromatic carbocycles. The zero-order chi connectivity index (χ0) is 17.8. The number of hydrogen-bond acceptors (Lipinski definition) is 6. The fourth-order valence-corrected chi connectivity index (χ4v) is 2.27. The third kappa shape index (κ3) is 6.72. The Kier molecular flexibility index (Phi) is 9.79. The first-order valence-corrected chi connectivity index (χ1v) is 8.67. The Balaban J connectivity index is 3.00. The molecule has 0 aliphatic rings. The van der Waals surface area contributed by atoms with Crippen molar-refractivity contribution in [1.29, 1.82) is 0 Å². The minimum absolute atomic E-state index is 0.0904. The van der Waals surface area contributed by atoms with Gasteiger partial charge in [0.15, 0.2) is 0 Å². The van der Waals surface area contributed by atoms with Crippen LogP contribution in [-0.4, -0.2) is 60.5 Å². The number of aliphatic hydroxyl groups is 2. The van der Waals surface area contributed by atoms with E-state index < -0.39 is 0 Å². The molecule has 0 unspecified atom stereocenters. The molecular formula is C17H30N4O3. The predicted molar refractivity (Wildman–Crippen MR) is 96.6 cm³/mol. The van der Waals surface area contributed by atoms with Crippen LogP contribution in [0, 0.1) is 0 Å². The van der Waals surface area contributed by atoms with Gasteiger partial charge >= 0.3 is 0 Å². The number of nitrogens with one attached hydrogen (secondary N) is 2. The second-order valence-corrected chi connectivity index (χ2v) is 5.52. The summed E-state index contributed by atoms with van der Waals surface area (Å²) in [6.45, 7) is 6.75. The molecule has 24 heavy (non-hydrogen) atoms. The third-order valence-electron chi connectivity index (χ3n) is 3.57. The van der Waals surface area contributed by atoms with Crippen molar-refractivity contribution in [3.05, 3.63) is 17.7 Å². The molecule has 0 spiro atoms. The lowest BCUT2D eigenvalue weighted by molar-refractivity contribution is 0.0944. The van der Waals surface area contributed by atoms with E-state index in [1.54, 1.807) is 12.1 Å². The van der Waals surface area contributed by atoms with E-state index in [1.807, 2.05) is 6.92 Å². The first-order chi connectivity index (χ1) is 11.7. The molecule has 1 heterocycles. The molecule has 0 saturated heterocycles. The van der Waals surface area contributed by atoms with Gasteiger partial charge in [-0.15, -0.1) is 0 Å². The number of hydrogen-bond donors (Lipinski definition) is 4. The van der Waals surface area contributed by atoms with Gasteiger partial charge in [0.05, 0.1) is 6.61 Å². The Morgan fingerprint density at radius 1 is 1.17 bits per heavy atom. The monoisotopic (exact) mass is 338 g/mol. The molecule has 1 aromatic heterocycles. The van der Waals surface area contributed by atoms with Gasteiger partial charge in [-0.05, 0) is 38.3 Å². The lowest BCUT2D eigenvalue weighted by Crippen LogP contribution is -2.28. The highest BCUT2D eigenvalue weighted by Crippen LogP contribution is 2.19. The summed E-state index contributed by atoms with van der Waals surface area (Å²) in [6.07, 6.45) is 2.57. The van der Waals surface area contributed by atoms with E-state index >= 15 is 0 Å². The molecule has 7 nitrogen and oxygen atoms in total. The molecule has 0 bridgehead atoms. The second kappa shape index (κ2) is 11.6. The molecule has 136 valence electrons. The van der Waals surface area contributed by atoms with Crippen molar-refractivity contribution in [2.75, 3.05) is 49.6 Å². The molecule has 0 atom stereocenters. The third-order valence-corrected chi connectivity index (χ3v) is 3.57. The topological polar surface area (TPSA) is 97.7 Å². The molecule has 0 radical (unpaired) electrons. The van der Waals surface area contributed by atoms with Crippen LogP contribution in [0.3, 0.4) is 0 Å². The number of aromatic nitrogens is 1.